The summed E-state index contributed by atoms with van der Waals surface area (Å²) >= 11 is 0. The fraction of sp³-hybridized carbons (Fsp3) is 0.579. The van der Waals surface area contributed by atoms with Gasteiger partial charge in [0.1, 0.15) is 5.75 Å². The Hall–Kier alpha value is -2.04. The lowest BCUT2D eigenvalue weighted by atomic mass is 9.95. The minimum Gasteiger partial charge on any atom is -0.479 e. The van der Waals surface area contributed by atoms with Gasteiger partial charge in [-0.2, -0.15) is 0 Å². The van der Waals surface area contributed by atoms with Crippen molar-refractivity contribution in [1.29, 1.82) is 0 Å². The molecule has 1 aromatic carbocycles. The molecule has 0 unspecified atom stereocenters. The number of carbonyl (C=O) groups excluding carboxylic acids is 2. The fourth-order valence-electron chi connectivity index (χ4n) is 2.78. The van der Waals surface area contributed by atoms with Crippen molar-refractivity contribution in [2.45, 2.75) is 71.1 Å². The molecule has 0 aliphatic heterocycles. The zero-order valence-corrected chi connectivity index (χ0v) is 14.7. The second kappa shape index (κ2) is 8.71. The van der Waals surface area contributed by atoms with Crippen LogP contribution >= 0.6 is 0 Å². The monoisotopic (exact) mass is 333 g/mol. The maximum atomic E-state index is 12.2. The number of benzene rings is 1. The van der Waals surface area contributed by atoms with E-state index in [1.807, 2.05) is 0 Å². The number of rotatable bonds is 6. The summed E-state index contributed by atoms with van der Waals surface area (Å²) in [6.07, 6.45) is 4.88. The van der Waals surface area contributed by atoms with Gasteiger partial charge in [-0.3, -0.25) is 4.79 Å². The largest absolute Gasteiger partial charge is 0.479 e. The Morgan fingerprint density at radius 3 is 2.25 bits per heavy atom. The Morgan fingerprint density at radius 2 is 1.67 bits per heavy atom. The molecule has 0 aromatic heterocycles. The van der Waals surface area contributed by atoms with Crippen LogP contribution in [0.3, 0.4) is 0 Å². The van der Waals surface area contributed by atoms with Crippen LogP contribution in [-0.2, 0) is 9.53 Å². The molecule has 1 amide bonds. The van der Waals surface area contributed by atoms with Crippen molar-refractivity contribution in [3.63, 3.8) is 0 Å². The van der Waals surface area contributed by atoms with E-state index in [9.17, 15) is 9.59 Å². The van der Waals surface area contributed by atoms with Crippen molar-refractivity contribution < 1.29 is 19.1 Å². The van der Waals surface area contributed by atoms with Crippen LogP contribution in [0.15, 0.2) is 24.3 Å². The van der Waals surface area contributed by atoms with E-state index in [4.69, 9.17) is 9.47 Å². The molecule has 0 spiro atoms. The second-order valence-corrected chi connectivity index (χ2v) is 6.58. The molecule has 2 rings (SSSR count). The second-order valence-electron chi connectivity index (χ2n) is 6.58. The molecule has 1 aromatic rings. The normalized spacial score (nSPS) is 16.5. The number of hydrogen-bond acceptors (Lipinski definition) is 4. The summed E-state index contributed by atoms with van der Waals surface area (Å²) < 4.78 is 10.7. The molecule has 1 saturated carbocycles. The molecule has 1 atom stereocenters. The maximum absolute atomic E-state index is 12.2. The molecule has 5 nitrogen and oxygen atoms in total. The maximum Gasteiger partial charge on any atom is 0.347 e. The minimum atomic E-state index is -0.686. The summed E-state index contributed by atoms with van der Waals surface area (Å²) in [6.45, 7) is 5.24. The zero-order valence-electron chi connectivity index (χ0n) is 14.7. The van der Waals surface area contributed by atoms with E-state index in [-0.39, 0.29) is 18.1 Å². The molecular formula is C19H27NO4. The Balaban J connectivity index is 1.87. The Bertz CT molecular complexity index is 547. The minimum absolute atomic E-state index is 0.0549. The van der Waals surface area contributed by atoms with E-state index in [2.05, 4.69) is 5.32 Å². The first kappa shape index (κ1) is 18.3. The van der Waals surface area contributed by atoms with Gasteiger partial charge in [0.05, 0.1) is 6.10 Å². The lowest BCUT2D eigenvalue weighted by Crippen LogP contribution is -2.36. The topological polar surface area (TPSA) is 64.6 Å². The van der Waals surface area contributed by atoms with E-state index in [1.165, 1.54) is 19.3 Å². The highest BCUT2D eigenvalue weighted by atomic mass is 16.6. The molecule has 0 saturated heterocycles. The molecule has 1 aliphatic carbocycles. The van der Waals surface area contributed by atoms with Gasteiger partial charge in [-0.15, -0.1) is 0 Å². The van der Waals surface area contributed by atoms with Gasteiger partial charge in [0.2, 0.25) is 0 Å². The van der Waals surface area contributed by atoms with Crippen molar-refractivity contribution in [1.82, 2.24) is 5.32 Å². The van der Waals surface area contributed by atoms with Crippen molar-refractivity contribution in [2.24, 2.45) is 0 Å². The summed E-state index contributed by atoms with van der Waals surface area (Å²) in [7, 11) is 0. The fourth-order valence-corrected chi connectivity index (χ4v) is 2.78. The average molecular weight is 333 g/mol. The summed E-state index contributed by atoms with van der Waals surface area (Å²) in [5.74, 6) is 0.0854. The van der Waals surface area contributed by atoms with Crippen LogP contribution in [0, 0.1) is 0 Å². The highest BCUT2D eigenvalue weighted by Crippen LogP contribution is 2.19. The van der Waals surface area contributed by atoms with Crippen LogP contribution < -0.4 is 10.1 Å². The predicted molar refractivity (Wildman–Crippen MR) is 92.1 cm³/mol. The van der Waals surface area contributed by atoms with Gasteiger partial charge < -0.3 is 14.8 Å². The SMILES string of the molecule is CC(C)OC(=O)[C@H](C)Oc1ccc(C(=O)NC2CCCCC2)cc1. The summed E-state index contributed by atoms with van der Waals surface area (Å²) in [4.78, 5) is 24.0. The third-order valence-electron chi connectivity index (χ3n) is 4.05. The van der Waals surface area contributed by atoms with E-state index in [0.717, 1.165) is 12.8 Å². The van der Waals surface area contributed by atoms with Crippen LogP contribution in [0.5, 0.6) is 5.75 Å². The van der Waals surface area contributed by atoms with E-state index >= 15 is 0 Å². The molecule has 0 heterocycles. The van der Waals surface area contributed by atoms with Crippen molar-refractivity contribution >= 4 is 11.9 Å². The quantitative estimate of drug-likeness (QED) is 0.810. The first-order chi connectivity index (χ1) is 11.5. The summed E-state index contributed by atoms with van der Waals surface area (Å²) in [5, 5.41) is 3.08. The molecule has 24 heavy (non-hydrogen) atoms. The first-order valence-corrected chi connectivity index (χ1v) is 8.74. The molecule has 1 aliphatic rings. The summed E-state index contributed by atoms with van der Waals surface area (Å²) in [5.41, 5.74) is 0.602. The lowest BCUT2D eigenvalue weighted by Gasteiger charge is -2.22. The number of ether oxygens (including phenoxy) is 2. The van der Waals surface area contributed by atoms with Crippen LogP contribution in [0.1, 0.15) is 63.2 Å². The number of nitrogens with one attached hydrogen (secondary N) is 1. The van der Waals surface area contributed by atoms with Gasteiger partial charge in [0.25, 0.3) is 5.91 Å². The third-order valence-corrected chi connectivity index (χ3v) is 4.05. The molecule has 0 bridgehead atoms. The lowest BCUT2D eigenvalue weighted by molar-refractivity contribution is -0.154. The number of carbonyl (C=O) groups is 2. The average Bonchev–Trinajstić information content (AvgIpc) is 2.55. The van der Waals surface area contributed by atoms with Gasteiger partial charge >= 0.3 is 5.97 Å². The van der Waals surface area contributed by atoms with Gasteiger partial charge in [-0.05, 0) is 57.9 Å². The molecular weight excluding hydrogens is 306 g/mol. The van der Waals surface area contributed by atoms with Crippen molar-refractivity contribution in [3.8, 4) is 5.75 Å². The van der Waals surface area contributed by atoms with Crippen LogP contribution in [0.25, 0.3) is 0 Å². The Morgan fingerprint density at radius 1 is 1.04 bits per heavy atom. The Kier molecular flexibility index (Phi) is 6.64. The van der Waals surface area contributed by atoms with Gasteiger partial charge in [0.15, 0.2) is 6.10 Å². The molecule has 132 valence electrons. The number of esters is 1. The highest BCUT2D eigenvalue weighted by Gasteiger charge is 2.19. The molecule has 0 radical (unpaired) electrons. The molecule has 1 fully saturated rings. The van der Waals surface area contributed by atoms with Crippen molar-refractivity contribution in [2.75, 3.05) is 0 Å². The Labute approximate surface area is 143 Å². The van der Waals surface area contributed by atoms with Crippen LogP contribution in [0.2, 0.25) is 0 Å². The predicted octanol–water partition coefficient (Wildman–Crippen LogP) is 3.47. The van der Waals surface area contributed by atoms with Crippen LogP contribution in [-0.4, -0.2) is 30.1 Å². The van der Waals surface area contributed by atoms with E-state index < -0.39 is 12.1 Å². The standard InChI is InChI=1S/C19H27NO4/c1-13(2)23-19(22)14(3)24-17-11-9-15(10-12-17)18(21)20-16-7-5-4-6-8-16/h9-14,16H,4-8H2,1-3H3,(H,20,21)/t14-/m0/s1. The first-order valence-electron chi connectivity index (χ1n) is 8.74. The zero-order chi connectivity index (χ0) is 17.5. The molecule has 1 N–H and O–H groups in total. The third kappa shape index (κ3) is 5.55. The van der Waals surface area contributed by atoms with E-state index in [1.54, 1.807) is 45.0 Å². The highest BCUT2D eigenvalue weighted by molar-refractivity contribution is 5.94. The van der Waals surface area contributed by atoms with E-state index in [0.29, 0.717) is 11.3 Å². The number of amides is 1. The molecule has 5 heteroatoms. The van der Waals surface area contributed by atoms with Gasteiger partial charge in [-0.25, -0.2) is 4.79 Å². The van der Waals surface area contributed by atoms with Crippen LogP contribution in [0.4, 0.5) is 0 Å². The van der Waals surface area contributed by atoms with Gasteiger partial charge in [-0.1, -0.05) is 19.3 Å². The van der Waals surface area contributed by atoms with Gasteiger partial charge in [0, 0.05) is 11.6 Å². The smallest absolute Gasteiger partial charge is 0.347 e. The van der Waals surface area contributed by atoms with Crippen molar-refractivity contribution in [3.05, 3.63) is 29.8 Å². The summed E-state index contributed by atoms with van der Waals surface area (Å²) in [6, 6.07) is 7.12. The number of hydrogen-bond donors (Lipinski definition) is 1.